The van der Waals surface area contributed by atoms with Crippen molar-refractivity contribution in [3.8, 4) is 0 Å². The Kier molecular flexibility index (Phi) is 4.45. The Morgan fingerprint density at radius 3 is 2.50 bits per heavy atom. The first-order chi connectivity index (χ1) is 9.81. The van der Waals surface area contributed by atoms with Crippen molar-refractivity contribution in [2.24, 2.45) is 5.92 Å². The van der Waals surface area contributed by atoms with Gasteiger partial charge in [-0.25, -0.2) is 0 Å². The van der Waals surface area contributed by atoms with Crippen molar-refractivity contribution >= 4 is 5.91 Å². The van der Waals surface area contributed by atoms with E-state index in [0.29, 0.717) is 18.0 Å². The molecule has 1 saturated heterocycles. The van der Waals surface area contributed by atoms with Crippen LogP contribution in [0.2, 0.25) is 0 Å². The van der Waals surface area contributed by atoms with E-state index in [0.717, 1.165) is 38.0 Å². The van der Waals surface area contributed by atoms with Gasteiger partial charge in [0.1, 0.15) is 0 Å². The van der Waals surface area contributed by atoms with Crippen LogP contribution in [0.25, 0.3) is 0 Å². The summed E-state index contributed by atoms with van der Waals surface area (Å²) >= 11 is 0. The Hall–Kier alpha value is -0.830. The van der Waals surface area contributed by atoms with Crippen molar-refractivity contribution in [1.82, 2.24) is 10.2 Å². The molecule has 0 radical (unpaired) electrons. The molecule has 0 bridgehead atoms. The molecule has 0 aromatic carbocycles. The van der Waals surface area contributed by atoms with Gasteiger partial charge in [-0.05, 0) is 64.3 Å². The number of nitrogens with zero attached hydrogens (tertiary/aromatic N) is 1. The number of carbonyl (C=O) groups is 1. The Bertz CT molecular complexity index is 369. The highest BCUT2D eigenvalue weighted by molar-refractivity contribution is 5.83. The summed E-state index contributed by atoms with van der Waals surface area (Å²) in [5.74, 6) is 1.14. The summed E-state index contributed by atoms with van der Waals surface area (Å²) in [4.78, 5) is 15.3. The summed E-state index contributed by atoms with van der Waals surface area (Å²) in [5.41, 5.74) is 0. The third kappa shape index (κ3) is 2.65. The predicted molar refractivity (Wildman–Crippen MR) is 81.5 cm³/mol. The van der Waals surface area contributed by atoms with Crippen molar-refractivity contribution in [3.05, 3.63) is 12.2 Å². The second-order valence-corrected chi connectivity index (χ2v) is 6.70. The molecule has 112 valence electrons. The lowest BCUT2D eigenvalue weighted by molar-refractivity contribution is -0.138. The molecule has 0 spiro atoms. The van der Waals surface area contributed by atoms with Crippen LogP contribution in [0.1, 0.15) is 57.8 Å². The molecule has 20 heavy (non-hydrogen) atoms. The minimum atomic E-state index is 0.0526. The number of likely N-dealkylation sites (N-methyl/N-ethyl adjacent to an activating group) is 1. The van der Waals surface area contributed by atoms with Gasteiger partial charge in [0.25, 0.3) is 0 Å². The zero-order chi connectivity index (χ0) is 13.9. The molecule has 1 amide bonds. The highest BCUT2D eigenvalue weighted by atomic mass is 16.2. The Morgan fingerprint density at radius 2 is 1.80 bits per heavy atom. The van der Waals surface area contributed by atoms with Crippen LogP contribution in [-0.4, -0.2) is 36.0 Å². The third-order valence-corrected chi connectivity index (χ3v) is 5.60. The first-order valence-electron chi connectivity index (χ1n) is 8.45. The number of amides is 1. The maximum atomic E-state index is 13.0. The third-order valence-electron chi connectivity index (χ3n) is 5.60. The van der Waals surface area contributed by atoms with Gasteiger partial charge in [-0.3, -0.25) is 4.79 Å². The lowest BCUT2D eigenvalue weighted by Gasteiger charge is -2.38. The first-order valence-corrected chi connectivity index (χ1v) is 8.45. The maximum Gasteiger partial charge on any atom is 0.240 e. The molecule has 3 unspecified atom stereocenters. The summed E-state index contributed by atoms with van der Waals surface area (Å²) in [5, 5.41) is 3.26. The minimum absolute atomic E-state index is 0.0526. The van der Waals surface area contributed by atoms with Crippen LogP contribution in [-0.2, 0) is 4.79 Å². The van der Waals surface area contributed by atoms with Crippen molar-refractivity contribution in [1.29, 1.82) is 0 Å². The van der Waals surface area contributed by atoms with Gasteiger partial charge < -0.3 is 10.2 Å². The summed E-state index contributed by atoms with van der Waals surface area (Å²) < 4.78 is 0. The Morgan fingerprint density at radius 1 is 1.05 bits per heavy atom. The molecule has 1 N–H and O–H groups in total. The SMILES string of the molecule is CNC1CCC2CCCC2N(C2CCC=CCC2)C1=O. The van der Waals surface area contributed by atoms with Crippen LogP contribution >= 0.6 is 0 Å². The van der Waals surface area contributed by atoms with Crippen molar-refractivity contribution in [2.75, 3.05) is 7.05 Å². The lowest BCUT2D eigenvalue weighted by Crippen LogP contribution is -2.52. The maximum absolute atomic E-state index is 13.0. The number of hydrogen-bond donors (Lipinski definition) is 1. The molecular weight excluding hydrogens is 248 g/mol. The summed E-state index contributed by atoms with van der Waals surface area (Å²) in [6.45, 7) is 0. The average molecular weight is 276 g/mol. The lowest BCUT2D eigenvalue weighted by atomic mass is 9.95. The smallest absolute Gasteiger partial charge is 0.240 e. The fraction of sp³-hybridized carbons (Fsp3) is 0.824. The molecule has 3 aliphatic rings. The van der Waals surface area contributed by atoms with Gasteiger partial charge in [0, 0.05) is 12.1 Å². The van der Waals surface area contributed by atoms with Gasteiger partial charge >= 0.3 is 0 Å². The number of fused-ring (bicyclic) bond motifs is 1. The zero-order valence-corrected chi connectivity index (χ0v) is 12.7. The fourth-order valence-electron chi connectivity index (χ4n) is 4.52. The monoisotopic (exact) mass is 276 g/mol. The average Bonchev–Trinajstić information content (AvgIpc) is 2.69. The van der Waals surface area contributed by atoms with Crippen LogP contribution in [0, 0.1) is 5.92 Å². The topological polar surface area (TPSA) is 32.3 Å². The molecule has 3 heteroatoms. The van der Waals surface area contributed by atoms with Gasteiger partial charge in [-0.15, -0.1) is 0 Å². The molecule has 2 fully saturated rings. The number of nitrogens with one attached hydrogen (secondary N) is 1. The van der Waals surface area contributed by atoms with E-state index in [-0.39, 0.29) is 6.04 Å². The molecular formula is C17H28N2O. The van der Waals surface area contributed by atoms with E-state index in [2.05, 4.69) is 22.4 Å². The quantitative estimate of drug-likeness (QED) is 0.787. The number of hydrogen-bond acceptors (Lipinski definition) is 2. The number of carbonyl (C=O) groups excluding carboxylic acids is 1. The van der Waals surface area contributed by atoms with Gasteiger partial charge in [-0.1, -0.05) is 18.6 Å². The van der Waals surface area contributed by atoms with E-state index in [1.54, 1.807) is 0 Å². The van der Waals surface area contributed by atoms with Crippen molar-refractivity contribution in [2.45, 2.75) is 75.9 Å². The highest BCUT2D eigenvalue weighted by Gasteiger charge is 2.42. The molecule has 1 heterocycles. The van der Waals surface area contributed by atoms with Crippen molar-refractivity contribution < 1.29 is 4.79 Å². The molecule has 3 nitrogen and oxygen atoms in total. The number of rotatable bonds is 2. The molecule has 3 atom stereocenters. The molecule has 1 aliphatic heterocycles. The molecule has 3 rings (SSSR count). The fourth-order valence-corrected chi connectivity index (χ4v) is 4.52. The van der Waals surface area contributed by atoms with Gasteiger partial charge in [-0.2, -0.15) is 0 Å². The predicted octanol–water partition coefficient (Wildman–Crippen LogP) is 2.86. The van der Waals surface area contributed by atoms with Crippen LogP contribution < -0.4 is 5.32 Å². The summed E-state index contributed by atoms with van der Waals surface area (Å²) in [6, 6.07) is 1.05. The molecule has 0 aromatic rings. The highest BCUT2D eigenvalue weighted by Crippen LogP contribution is 2.39. The van der Waals surface area contributed by atoms with Crippen LogP contribution in [0.3, 0.4) is 0 Å². The second kappa shape index (κ2) is 6.30. The minimum Gasteiger partial charge on any atom is -0.335 e. The normalized spacial score (nSPS) is 35.8. The summed E-state index contributed by atoms with van der Waals surface area (Å²) in [7, 11) is 1.94. The Balaban J connectivity index is 1.83. The standard InChI is InChI=1S/C17H28N2O/c1-18-15-12-11-13-7-6-10-16(13)19(17(15)20)14-8-4-2-3-5-9-14/h2-3,13-16,18H,4-12H2,1H3. The van der Waals surface area contributed by atoms with Gasteiger partial charge in [0.05, 0.1) is 6.04 Å². The Labute approximate surface area is 122 Å². The zero-order valence-electron chi connectivity index (χ0n) is 12.7. The van der Waals surface area contributed by atoms with E-state index in [1.807, 2.05) is 7.05 Å². The summed E-state index contributed by atoms with van der Waals surface area (Å²) in [6.07, 6.45) is 15.3. The van der Waals surface area contributed by atoms with E-state index in [9.17, 15) is 4.79 Å². The van der Waals surface area contributed by atoms with Crippen LogP contribution in [0.5, 0.6) is 0 Å². The van der Waals surface area contributed by atoms with Crippen LogP contribution in [0.15, 0.2) is 12.2 Å². The molecule has 0 aromatic heterocycles. The molecule has 1 saturated carbocycles. The van der Waals surface area contributed by atoms with Crippen molar-refractivity contribution in [3.63, 3.8) is 0 Å². The van der Waals surface area contributed by atoms with Gasteiger partial charge in [0.2, 0.25) is 5.91 Å². The van der Waals surface area contributed by atoms with Crippen LogP contribution in [0.4, 0.5) is 0 Å². The van der Waals surface area contributed by atoms with Gasteiger partial charge in [0.15, 0.2) is 0 Å². The van der Waals surface area contributed by atoms with E-state index >= 15 is 0 Å². The first kappa shape index (κ1) is 14.1. The van der Waals surface area contributed by atoms with E-state index in [4.69, 9.17) is 0 Å². The molecule has 2 aliphatic carbocycles. The largest absolute Gasteiger partial charge is 0.335 e. The van der Waals surface area contributed by atoms with E-state index < -0.39 is 0 Å². The second-order valence-electron chi connectivity index (χ2n) is 6.70. The number of likely N-dealkylation sites (tertiary alicyclic amines) is 1. The van der Waals surface area contributed by atoms with E-state index in [1.165, 1.54) is 25.7 Å². The number of allylic oxidation sites excluding steroid dienone is 2.